The lowest BCUT2D eigenvalue weighted by Gasteiger charge is -2.13. The van der Waals surface area contributed by atoms with Crippen molar-refractivity contribution in [2.24, 2.45) is 0 Å². The van der Waals surface area contributed by atoms with Gasteiger partial charge in [-0.1, -0.05) is 30.3 Å². The van der Waals surface area contributed by atoms with E-state index < -0.39 is 7.60 Å². The number of hydrogen-bond donors (Lipinski definition) is 2. The van der Waals surface area contributed by atoms with E-state index in [0.717, 1.165) is 5.56 Å². The Labute approximate surface area is 145 Å². The highest BCUT2D eigenvalue weighted by molar-refractivity contribution is 7.61. The highest BCUT2D eigenvalue weighted by Gasteiger charge is 2.31. The van der Waals surface area contributed by atoms with Crippen LogP contribution in [0.3, 0.4) is 0 Å². The molecule has 0 aliphatic carbocycles. The SMILES string of the molecule is CCOP(=O)(OCC)c1nc2ncnc(NCc3ccccc3)c2[nH]1. The van der Waals surface area contributed by atoms with Gasteiger partial charge in [0, 0.05) is 6.54 Å². The van der Waals surface area contributed by atoms with Crippen molar-refractivity contribution < 1.29 is 13.6 Å². The van der Waals surface area contributed by atoms with Crippen molar-refractivity contribution in [2.75, 3.05) is 18.5 Å². The molecule has 0 saturated carbocycles. The fraction of sp³-hybridized carbons (Fsp3) is 0.312. The molecule has 0 saturated heterocycles. The lowest BCUT2D eigenvalue weighted by molar-refractivity contribution is 0.228. The second-order valence-electron chi connectivity index (χ2n) is 5.15. The van der Waals surface area contributed by atoms with E-state index in [0.29, 0.717) is 23.5 Å². The quantitative estimate of drug-likeness (QED) is 0.595. The molecule has 0 spiro atoms. The molecule has 2 N–H and O–H groups in total. The van der Waals surface area contributed by atoms with Gasteiger partial charge < -0.3 is 19.3 Å². The topological polar surface area (TPSA) is 102 Å². The predicted octanol–water partition coefficient (Wildman–Crippen LogP) is 2.86. The normalized spacial score (nSPS) is 11.8. The molecule has 2 heterocycles. The Morgan fingerprint density at radius 1 is 1.12 bits per heavy atom. The van der Waals surface area contributed by atoms with Crippen molar-refractivity contribution in [3.8, 4) is 0 Å². The molecule has 0 amide bonds. The van der Waals surface area contributed by atoms with Gasteiger partial charge in [-0.2, -0.15) is 0 Å². The molecule has 0 unspecified atom stereocenters. The van der Waals surface area contributed by atoms with Crippen molar-refractivity contribution in [2.45, 2.75) is 20.4 Å². The molecule has 0 aliphatic rings. The van der Waals surface area contributed by atoms with Crippen LogP contribution in [0.25, 0.3) is 11.2 Å². The first-order chi connectivity index (χ1) is 12.2. The molecule has 9 heteroatoms. The maximum atomic E-state index is 12.9. The Hall–Kier alpha value is -2.28. The molecule has 3 aromatic rings. The van der Waals surface area contributed by atoms with Crippen LogP contribution in [0.4, 0.5) is 5.82 Å². The van der Waals surface area contributed by atoms with Gasteiger partial charge in [0.05, 0.1) is 13.2 Å². The van der Waals surface area contributed by atoms with Gasteiger partial charge in [0.25, 0.3) is 0 Å². The standard InChI is InChI=1S/C16H20N5O3P/c1-3-23-25(22,24-4-2)16-20-13-14(18-11-19-15(13)21-16)17-10-12-8-6-5-7-9-12/h5-9,11H,3-4,10H2,1-2H3,(H2,17,18,19,20,21). The molecule has 132 valence electrons. The minimum Gasteiger partial charge on any atom is -0.364 e. The largest absolute Gasteiger partial charge is 0.396 e. The van der Waals surface area contributed by atoms with Gasteiger partial charge in [0.1, 0.15) is 11.8 Å². The number of nitrogens with zero attached hydrogens (tertiary/aromatic N) is 3. The number of benzene rings is 1. The third-order valence-electron chi connectivity index (χ3n) is 3.44. The summed E-state index contributed by atoms with van der Waals surface area (Å²) in [5.41, 5.74) is 2.21. The fourth-order valence-electron chi connectivity index (χ4n) is 2.36. The minimum absolute atomic E-state index is 0.134. The number of H-pyrrole nitrogens is 1. The fourth-order valence-corrected chi connectivity index (χ4v) is 3.83. The second-order valence-corrected chi connectivity index (χ2v) is 7.09. The monoisotopic (exact) mass is 361 g/mol. The van der Waals surface area contributed by atoms with Gasteiger partial charge >= 0.3 is 7.60 Å². The third kappa shape index (κ3) is 3.87. The average Bonchev–Trinajstić information content (AvgIpc) is 3.07. The highest BCUT2D eigenvalue weighted by Crippen LogP contribution is 2.46. The summed E-state index contributed by atoms with van der Waals surface area (Å²) < 4.78 is 23.5. The lowest BCUT2D eigenvalue weighted by atomic mass is 10.2. The number of aromatic nitrogens is 4. The van der Waals surface area contributed by atoms with Crippen LogP contribution in [0.1, 0.15) is 19.4 Å². The number of anilines is 1. The van der Waals surface area contributed by atoms with Crippen LogP contribution in [0.2, 0.25) is 0 Å². The van der Waals surface area contributed by atoms with Crippen molar-refractivity contribution in [1.82, 2.24) is 19.9 Å². The second kappa shape index (κ2) is 7.74. The molecule has 0 radical (unpaired) electrons. The molecule has 1 aromatic carbocycles. The van der Waals surface area contributed by atoms with Crippen molar-refractivity contribution >= 4 is 30.1 Å². The van der Waals surface area contributed by atoms with E-state index >= 15 is 0 Å². The molecule has 2 aromatic heterocycles. The van der Waals surface area contributed by atoms with E-state index in [4.69, 9.17) is 9.05 Å². The number of imidazole rings is 1. The first kappa shape index (κ1) is 17.5. The third-order valence-corrected chi connectivity index (χ3v) is 5.36. The predicted molar refractivity (Wildman–Crippen MR) is 95.9 cm³/mol. The highest BCUT2D eigenvalue weighted by atomic mass is 31.2. The summed E-state index contributed by atoms with van der Waals surface area (Å²) in [5, 5.41) is 3.24. The summed E-state index contributed by atoms with van der Waals surface area (Å²) in [6.07, 6.45) is 1.41. The van der Waals surface area contributed by atoms with E-state index in [2.05, 4.69) is 25.3 Å². The van der Waals surface area contributed by atoms with Crippen LogP contribution in [0, 0.1) is 0 Å². The molecule has 3 rings (SSSR count). The molecular formula is C16H20N5O3P. The zero-order valence-corrected chi connectivity index (χ0v) is 15.0. The van der Waals surface area contributed by atoms with Crippen molar-refractivity contribution in [1.29, 1.82) is 0 Å². The van der Waals surface area contributed by atoms with E-state index in [9.17, 15) is 4.57 Å². The Bertz CT molecular complexity index is 874. The van der Waals surface area contributed by atoms with Crippen LogP contribution >= 0.6 is 7.60 Å². The summed E-state index contributed by atoms with van der Waals surface area (Å²) in [6.45, 7) is 4.59. The molecule has 25 heavy (non-hydrogen) atoms. The van der Waals surface area contributed by atoms with E-state index in [1.54, 1.807) is 13.8 Å². The van der Waals surface area contributed by atoms with E-state index in [1.165, 1.54) is 6.33 Å². The molecule has 0 fully saturated rings. The van der Waals surface area contributed by atoms with Crippen LogP contribution in [0.15, 0.2) is 36.7 Å². The van der Waals surface area contributed by atoms with Crippen molar-refractivity contribution in [3.05, 3.63) is 42.2 Å². The Morgan fingerprint density at radius 2 is 1.84 bits per heavy atom. The van der Waals surface area contributed by atoms with Gasteiger partial charge in [0.2, 0.25) is 5.57 Å². The van der Waals surface area contributed by atoms with Crippen LogP contribution in [-0.4, -0.2) is 33.1 Å². The summed E-state index contributed by atoms with van der Waals surface area (Å²) >= 11 is 0. The minimum atomic E-state index is -3.50. The average molecular weight is 361 g/mol. The molecular weight excluding hydrogens is 341 g/mol. The lowest BCUT2D eigenvalue weighted by Crippen LogP contribution is -2.14. The van der Waals surface area contributed by atoms with Crippen LogP contribution in [0.5, 0.6) is 0 Å². The van der Waals surface area contributed by atoms with E-state index in [-0.39, 0.29) is 18.8 Å². The Morgan fingerprint density at radius 3 is 2.52 bits per heavy atom. The first-order valence-electron chi connectivity index (χ1n) is 8.04. The van der Waals surface area contributed by atoms with Gasteiger partial charge in [-0.05, 0) is 19.4 Å². The van der Waals surface area contributed by atoms with Crippen molar-refractivity contribution in [3.63, 3.8) is 0 Å². The summed E-state index contributed by atoms with van der Waals surface area (Å²) in [6, 6.07) is 9.94. The molecule has 0 aliphatic heterocycles. The van der Waals surface area contributed by atoms with Crippen LogP contribution in [-0.2, 0) is 20.2 Å². The van der Waals surface area contributed by atoms with E-state index in [1.807, 2.05) is 30.3 Å². The maximum Gasteiger partial charge on any atom is 0.396 e. The Kier molecular flexibility index (Phi) is 5.43. The first-order valence-corrected chi connectivity index (χ1v) is 9.58. The van der Waals surface area contributed by atoms with Gasteiger partial charge in [0.15, 0.2) is 11.5 Å². The maximum absolute atomic E-state index is 12.9. The molecule has 8 nitrogen and oxygen atoms in total. The number of aromatic amines is 1. The summed E-state index contributed by atoms with van der Waals surface area (Å²) in [7, 11) is -3.50. The molecule has 0 bridgehead atoms. The summed E-state index contributed by atoms with van der Waals surface area (Å²) in [4.78, 5) is 15.6. The number of hydrogen-bond acceptors (Lipinski definition) is 7. The number of rotatable bonds is 8. The molecule has 0 atom stereocenters. The Balaban J connectivity index is 1.91. The summed E-state index contributed by atoms with van der Waals surface area (Å²) in [5.74, 6) is 0.576. The smallest absolute Gasteiger partial charge is 0.364 e. The number of fused-ring (bicyclic) bond motifs is 1. The zero-order chi connectivity index (χ0) is 17.7. The van der Waals surface area contributed by atoms with Gasteiger partial charge in [-0.15, -0.1) is 0 Å². The van der Waals surface area contributed by atoms with Gasteiger partial charge in [-0.25, -0.2) is 15.0 Å². The van der Waals surface area contributed by atoms with Crippen LogP contribution < -0.4 is 10.9 Å². The van der Waals surface area contributed by atoms with Gasteiger partial charge in [-0.3, -0.25) is 4.57 Å². The zero-order valence-electron chi connectivity index (χ0n) is 14.1. The number of nitrogens with one attached hydrogen (secondary N) is 2.